The Bertz CT molecular complexity index is 792. The van der Waals surface area contributed by atoms with Crippen molar-refractivity contribution in [3.05, 3.63) is 65.7 Å². The topological polar surface area (TPSA) is 81.7 Å². The first kappa shape index (κ1) is 21.5. The second kappa shape index (κ2) is 11.1. The highest BCUT2D eigenvalue weighted by Gasteiger charge is 2.23. The Morgan fingerprint density at radius 2 is 1.68 bits per heavy atom. The molecule has 1 atom stereocenters. The molecule has 6 nitrogen and oxygen atoms in total. The number of ether oxygens (including phenoxy) is 2. The van der Waals surface area contributed by atoms with Crippen molar-refractivity contribution in [1.29, 1.82) is 0 Å². The van der Waals surface area contributed by atoms with Crippen LogP contribution in [0.4, 0.5) is 0 Å². The van der Waals surface area contributed by atoms with Crippen LogP contribution in [-0.2, 0) is 9.53 Å². The number of esters is 1. The summed E-state index contributed by atoms with van der Waals surface area (Å²) < 4.78 is 10.2. The number of ketones is 1. The molecule has 0 aliphatic rings. The van der Waals surface area contributed by atoms with E-state index < -0.39 is 12.0 Å². The van der Waals surface area contributed by atoms with Crippen LogP contribution in [0, 0.1) is 0 Å². The maximum atomic E-state index is 12.4. The fraction of sp³-hybridized carbons (Fsp3) is 0.286. The summed E-state index contributed by atoms with van der Waals surface area (Å²) in [7, 11) is 1.54. The molecule has 1 amide bonds. The van der Waals surface area contributed by atoms with Crippen LogP contribution in [0.1, 0.15) is 27.1 Å². The molecular weight excluding hydrogens is 378 g/mol. The van der Waals surface area contributed by atoms with Gasteiger partial charge in [0.2, 0.25) is 0 Å². The quantitative estimate of drug-likeness (QED) is 0.487. The zero-order chi connectivity index (χ0) is 20.4. The lowest BCUT2D eigenvalue weighted by molar-refractivity contribution is -0.144. The van der Waals surface area contributed by atoms with E-state index in [1.807, 2.05) is 6.26 Å². The van der Waals surface area contributed by atoms with E-state index in [0.29, 0.717) is 29.1 Å². The summed E-state index contributed by atoms with van der Waals surface area (Å²) in [5.41, 5.74) is 0.876. The summed E-state index contributed by atoms with van der Waals surface area (Å²) in [5.74, 6) is -0.00464. The number of rotatable bonds is 10. The van der Waals surface area contributed by atoms with Crippen molar-refractivity contribution in [2.75, 3.05) is 25.7 Å². The van der Waals surface area contributed by atoms with Crippen molar-refractivity contribution in [3.8, 4) is 5.75 Å². The van der Waals surface area contributed by atoms with Crippen molar-refractivity contribution in [1.82, 2.24) is 5.32 Å². The average Bonchev–Trinajstić information content (AvgIpc) is 2.75. The Hall–Kier alpha value is -2.80. The summed E-state index contributed by atoms with van der Waals surface area (Å²) in [6, 6.07) is 14.4. The molecule has 2 rings (SSSR count). The third-order valence-corrected chi connectivity index (χ3v) is 4.64. The molecule has 2 aromatic rings. The minimum atomic E-state index is -0.816. The second-order valence-electron chi connectivity index (χ2n) is 5.93. The third-order valence-electron chi connectivity index (χ3n) is 3.99. The predicted molar refractivity (Wildman–Crippen MR) is 109 cm³/mol. The Morgan fingerprint density at radius 3 is 2.29 bits per heavy atom. The third kappa shape index (κ3) is 6.42. The van der Waals surface area contributed by atoms with Crippen LogP contribution in [0.15, 0.2) is 54.6 Å². The summed E-state index contributed by atoms with van der Waals surface area (Å²) in [6.07, 6.45) is 2.32. The number of nitrogens with one attached hydrogen (secondary N) is 1. The number of carbonyl (C=O) groups is 3. The Morgan fingerprint density at radius 1 is 1.00 bits per heavy atom. The average molecular weight is 401 g/mol. The smallest absolute Gasteiger partial charge is 0.329 e. The number of carbonyl (C=O) groups excluding carboxylic acids is 3. The van der Waals surface area contributed by atoms with Crippen molar-refractivity contribution < 1.29 is 23.9 Å². The molecular formula is C21H23NO5S. The summed E-state index contributed by atoms with van der Waals surface area (Å²) >= 11 is 1.56. The number of amides is 1. The lowest BCUT2D eigenvalue weighted by atomic mass is 10.1. The molecule has 0 radical (unpaired) electrons. The molecule has 148 valence electrons. The summed E-state index contributed by atoms with van der Waals surface area (Å²) in [6.45, 7) is -0.387. The van der Waals surface area contributed by atoms with Gasteiger partial charge in [0.15, 0.2) is 12.4 Å². The predicted octanol–water partition coefficient (Wildman–Crippen LogP) is 2.97. The number of hydrogen-bond acceptors (Lipinski definition) is 6. The molecule has 0 aliphatic carbocycles. The van der Waals surface area contributed by atoms with Crippen molar-refractivity contribution >= 4 is 29.4 Å². The van der Waals surface area contributed by atoms with E-state index in [9.17, 15) is 14.4 Å². The molecule has 2 aromatic carbocycles. The van der Waals surface area contributed by atoms with E-state index in [1.54, 1.807) is 66.4 Å². The highest BCUT2D eigenvalue weighted by molar-refractivity contribution is 7.98. The zero-order valence-electron chi connectivity index (χ0n) is 15.8. The Kier molecular flexibility index (Phi) is 8.55. The van der Waals surface area contributed by atoms with Gasteiger partial charge in [-0.1, -0.05) is 18.2 Å². The van der Waals surface area contributed by atoms with Crippen molar-refractivity contribution in [3.63, 3.8) is 0 Å². The minimum Gasteiger partial charge on any atom is -0.497 e. The fourth-order valence-electron chi connectivity index (χ4n) is 2.41. The largest absolute Gasteiger partial charge is 0.497 e. The van der Waals surface area contributed by atoms with Gasteiger partial charge in [0.05, 0.1) is 7.11 Å². The molecule has 0 unspecified atom stereocenters. The first-order chi connectivity index (χ1) is 13.5. The standard InChI is InChI=1S/C21H23NO5S/c1-26-17-10-8-15(9-11-17)19(23)14-27-21(25)18(12-13-28-2)22-20(24)16-6-4-3-5-7-16/h3-11,18H,12-14H2,1-2H3,(H,22,24)/t18-/m1/s1. The Labute approximate surface area is 168 Å². The molecule has 0 heterocycles. The molecule has 0 aliphatic heterocycles. The summed E-state index contributed by atoms with van der Waals surface area (Å²) in [5, 5.41) is 2.69. The lowest BCUT2D eigenvalue weighted by Gasteiger charge is -2.17. The zero-order valence-corrected chi connectivity index (χ0v) is 16.7. The van der Waals surface area contributed by atoms with E-state index >= 15 is 0 Å². The molecule has 0 saturated carbocycles. The van der Waals surface area contributed by atoms with E-state index in [-0.39, 0.29) is 18.3 Å². The SMILES string of the molecule is COc1ccc(C(=O)COC(=O)[C@@H](CCSC)NC(=O)c2ccccc2)cc1. The lowest BCUT2D eigenvalue weighted by Crippen LogP contribution is -2.42. The molecule has 1 N–H and O–H groups in total. The maximum Gasteiger partial charge on any atom is 0.329 e. The second-order valence-corrected chi connectivity index (χ2v) is 6.92. The molecule has 0 saturated heterocycles. The van der Waals surface area contributed by atoms with Gasteiger partial charge in [-0.25, -0.2) is 4.79 Å². The minimum absolute atomic E-state index is 0.325. The molecule has 0 bridgehead atoms. The number of Topliss-reactive ketones (excluding diaryl/α,β-unsaturated/α-hetero) is 1. The van der Waals surface area contributed by atoms with Crippen LogP contribution < -0.4 is 10.1 Å². The van der Waals surface area contributed by atoms with Crippen LogP contribution in [-0.4, -0.2) is 49.4 Å². The Balaban J connectivity index is 1.95. The highest BCUT2D eigenvalue weighted by Crippen LogP contribution is 2.12. The molecule has 28 heavy (non-hydrogen) atoms. The van der Waals surface area contributed by atoms with Gasteiger partial charge in [0.25, 0.3) is 5.91 Å². The van der Waals surface area contributed by atoms with Gasteiger partial charge in [-0.3, -0.25) is 9.59 Å². The normalized spacial score (nSPS) is 11.4. The van der Waals surface area contributed by atoms with Crippen LogP contribution in [0.25, 0.3) is 0 Å². The molecule has 0 aromatic heterocycles. The van der Waals surface area contributed by atoms with Gasteiger partial charge in [0, 0.05) is 11.1 Å². The number of methoxy groups -OCH3 is 1. The van der Waals surface area contributed by atoms with E-state index in [4.69, 9.17) is 9.47 Å². The van der Waals surface area contributed by atoms with Gasteiger partial charge >= 0.3 is 5.97 Å². The summed E-state index contributed by atoms with van der Waals surface area (Å²) in [4.78, 5) is 37.0. The van der Waals surface area contributed by atoms with Crippen molar-refractivity contribution in [2.45, 2.75) is 12.5 Å². The van der Waals surface area contributed by atoms with Gasteiger partial charge < -0.3 is 14.8 Å². The van der Waals surface area contributed by atoms with E-state index in [2.05, 4.69) is 5.32 Å². The first-order valence-electron chi connectivity index (χ1n) is 8.74. The van der Waals surface area contributed by atoms with Gasteiger partial charge in [-0.05, 0) is 54.8 Å². The fourth-order valence-corrected chi connectivity index (χ4v) is 2.88. The van der Waals surface area contributed by atoms with Gasteiger partial charge in [-0.2, -0.15) is 11.8 Å². The highest BCUT2D eigenvalue weighted by atomic mass is 32.2. The van der Waals surface area contributed by atoms with Crippen molar-refractivity contribution in [2.24, 2.45) is 0 Å². The van der Waals surface area contributed by atoms with E-state index in [0.717, 1.165) is 0 Å². The number of benzene rings is 2. The molecule has 7 heteroatoms. The van der Waals surface area contributed by atoms with E-state index in [1.165, 1.54) is 7.11 Å². The number of hydrogen-bond donors (Lipinski definition) is 1. The van der Waals surface area contributed by atoms with Crippen LogP contribution in [0.2, 0.25) is 0 Å². The first-order valence-corrected chi connectivity index (χ1v) is 10.1. The van der Waals surface area contributed by atoms with Crippen LogP contribution >= 0.6 is 11.8 Å². The van der Waals surface area contributed by atoms with Gasteiger partial charge in [-0.15, -0.1) is 0 Å². The molecule has 0 fully saturated rings. The monoisotopic (exact) mass is 401 g/mol. The maximum absolute atomic E-state index is 12.4. The van der Waals surface area contributed by atoms with Gasteiger partial charge in [0.1, 0.15) is 11.8 Å². The number of thioether (sulfide) groups is 1. The van der Waals surface area contributed by atoms with Crippen LogP contribution in [0.5, 0.6) is 5.75 Å². The molecule has 0 spiro atoms. The van der Waals surface area contributed by atoms with Crippen LogP contribution in [0.3, 0.4) is 0 Å².